The number of likely N-dealkylation sites (tertiary alicyclic amines) is 2. The van der Waals surface area contributed by atoms with E-state index in [0.29, 0.717) is 18.5 Å². The second kappa shape index (κ2) is 7.89. The number of piperidine rings is 2. The maximum atomic E-state index is 13.0. The topological polar surface area (TPSA) is 64.1 Å². The van der Waals surface area contributed by atoms with Crippen LogP contribution >= 0.6 is 0 Å². The number of nitrogens with zero attached hydrogens (tertiary/aromatic N) is 3. The summed E-state index contributed by atoms with van der Waals surface area (Å²) in [7, 11) is 4.03. The van der Waals surface area contributed by atoms with Crippen molar-refractivity contribution in [3.8, 4) is 5.75 Å². The van der Waals surface area contributed by atoms with Crippen LogP contribution in [0.2, 0.25) is 0 Å². The first-order chi connectivity index (χ1) is 12.8. The summed E-state index contributed by atoms with van der Waals surface area (Å²) in [6.45, 7) is 5.58. The highest BCUT2D eigenvalue weighted by Crippen LogP contribution is 2.39. The molecule has 0 saturated carbocycles. The molecule has 0 bridgehead atoms. The van der Waals surface area contributed by atoms with Crippen LogP contribution in [0.1, 0.15) is 41.6 Å². The summed E-state index contributed by atoms with van der Waals surface area (Å²) in [6.07, 6.45) is 3.44. The predicted molar refractivity (Wildman–Crippen MR) is 105 cm³/mol. The van der Waals surface area contributed by atoms with E-state index in [0.717, 1.165) is 51.0 Å². The fourth-order valence-corrected chi connectivity index (χ4v) is 4.27. The largest absolute Gasteiger partial charge is 0.508 e. The number of aryl methyl sites for hydroxylation is 1. The highest BCUT2D eigenvalue weighted by atomic mass is 16.3. The molecule has 1 spiro atoms. The van der Waals surface area contributed by atoms with Gasteiger partial charge in [0.05, 0.1) is 0 Å². The monoisotopic (exact) mass is 373 g/mol. The predicted octanol–water partition coefficient (Wildman–Crippen LogP) is 2.11. The van der Waals surface area contributed by atoms with Gasteiger partial charge in [0, 0.05) is 50.1 Å². The maximum absolute atomic E-state index is 13.0. The molecule has 1 N–H and O–H groups in total. The molecule has 1 aromatic rings. The third-order valence-electron chi connectivity index (χ3n) is 5.97. The van der Waals surface area contributed by atoms with Crippen LogP contribution in [-0.2, 0) is 4.79 Å². The number of hydrogen-bond donors (Lipinski definition) is 1. The lowest BCUT2D eigenvalue weighted by Crippen LogP contribution is -2.55. The Morgan fingerprint density at radius 1 is 1.26 bits per heavy atom. The smallest absolute Gasteiger partial charge is 0.254 e. The molecule has 3 rings (SSSR count). The third kappa shape index (κ3) is 4.43. The van der Waals surface area contributed by atoms with Crippen molar-refractivity contribution in [2.24, 2.45) is 5.41 Å². The zero-order chi connectivity index (χ0) is 19.6. The molecule has 2 aliphatic rings. The van der Waals surface area contributed by atoms with Crippen molar-refractivity contribution >= 4 is 11.8 Å². The zero-order valence-corrected chi connectivity index (χ0v) is 16.7. The Kier molecular flexibility index (Phi) is 5.75. The van der Waals surface area contributed by atoms with Crippen molar-refractivity contribution in [1.29, 1.82) is 0 Å². The van der Waals surface area contributed by atoms with Gasteiger partial charge in [0.25, 0.3) is 5.91 Å². The van der Waals surface area contributed by atoms with Gasteiger partial charge in [-0.3, -0.25) is 9.59 Å². The van der Waals surface area contributed by atoms with Crippen molar-refractivity contribution in [2.45, 2.75) is 32.6 Å². The molecule has 0 unspecified atom stereocenters. The summed E-state index contributed by atoms with van der Waals surface area (Å²) >= 11 is 0. The van der Waals surface area contributed by atoms with Gasteiger partial charge in [-0.2, -0.15) is 0 Å². The summed E-state index contributed by atoms with van der Waals surface area (Å²) < 4.78 is 0. The number of carbonyl (C=O) groups excluding carboxylic acids is 2. The Bertz CT molecular complexity index is 719. The van der Waals surface area contributed by atoms with E-state index in [1.165, 1.54) is 0 Å². The van der Waals surface area contributed by atoms with Crippen molar-refractivity contribution in [1.82, 2.24) is 14.7 Å². The minimum atomic E-state index is -0.0267. The average Bonchev–Trinajstić information content (AvgIpc) is 2.64. The maximum Gasteiger partial charge on any atom is 0.254 e. The third-order valence-corrected chi connectivity index (χ3v) is 5.97. The lowest BCUT2D eigenvalue weighted by molar-refractivity contribution is -0.139. The molecule has 0 radical (unpaired) electrons. The first-order valence-corrected chi connectivity index (χ1v) is 9.81. The number of likely N-dealkylation sites (N-methyl/N-ethyl adjacent to an activating group) is 1. The molecule has 6 nitrogen and oxygen atoms in total. The number of benzene rings is 1. The number of rotatable bonds is 4. The van der Waals surface area contributed by atoms with E-state index in [9.17, 15) is 14.7 Å². The molecule has 2 saturated heterocycles. The van der Waals surface area contributed by atoms with Crippen molar-refractivity contribution < 1.29 is 14.7 Å². The molecule has 2 amide bonds. The number of phenolic OH excluding ortho intramolecular Hbond substituents is 1. The molecular weight excluding hydrogens is 342 g/mol. The Morgan fingerprint density at radius 2 is 2.04 bits per heavy atom. The van der Waals surface area contributed by atoms with Gasteiger partial charge < -0.3 is 19.8 Å². The summed E-state index contributed by atoms with van der Waals surface area (Å²) in [5, 5.41) is 9.94. The minimum absolute atomic E-state index is 0.000868. The molecule has 2 heterocycles. The fourth-order valence-electron chi connectivity index (χ4n) is 4.27. The summed E-state index contributed by atoms with van der Waals surface area (Å²) in [5.41, 5.74) is 1.30. The normalized spacial score (nSPS) is 23.3. The molecule has 1 atom stereocenters. The van der Waals surface area contributed by atoms with Crippen LogP contribution in [-0.4, -0.2) is 78.4 Å². The molecule has 2 aliphatic heterocycles. The van der Waals surface area contributed by atoms with E-state index in [1.807, 2.05) is 30.8 Å². The van der Waals surface area contributed by atoms with E-state index >= 15 is 0 Å². The first kappa shape index (κ1) is 19.7. The lowest BCUT2D eigenvalue weighted by Gasteiger charge is -2.48. The van der Waals surface area contributed by atoms with E-state index < -0.39 is 0 Å². The number of phenols is 1. The zero-order valence-electron chi connectivity index (χ0n) is 16.7. The SMILES string of the molecule is Cc1ccc(C(=O)N2CCC[C@]3(CCC(=O)N(CCN(C)C)C3)C2)cc1O. The van der Waals surface area contributed by atoms with Crippen molar-refractivity contribution in [3.05, 3.63) is 29.3 Å². The van der Waals surface area contributed by atoms with Crippen LogP contribution < -0.4 is 0 Å². The standard InChI is InChI=1S/C21H31N3O3/c1-16-5-6-17(13-18(16)25)20(27)24-10-4-8-21(15-24)9-7-19(26)23(14-21)12-11-22(2)3/h5-6,13,25H,4,7-12,14-15H2,1-3H3/t21-/m1/s1. The van der Waals surface area contributed by atoms with Gasteiger partial charge in [0.1, 0.15) is 5.75 Å². The Balaban J connectivity index is 1.71. The average molecular weight is 373 g/mol. The van der Waals surface area contributed by atoms with Gasteiger partial charge in [-0.25, -0.2) is 0 Å². The van der Waals surface area contributed by atoms with Gasteiger partial charge in [-0.15, -0.1) is 0 Å². The van der Waals surface area contributed by atoms with E-state index in [2.05, 4.69) is 4.90 Å². The van der Waals surface area contributed by atoms with E-state index in [1.54, 1.807) is 18.2 Å². The number of aromatic hydroxyl groups is 1. The first-order valence-electron chi connectivity index (χ1n) is 9.81. The van der Waals surface area contributed by atoms with Crippen LogP contribution in [0, 0.1) is 12.3 Å². The molecule has 27 heavy (non-hydrogen) atoms. The molecule has 0 aliphatic carbocycles. The van der Waals surface area contributed by atoms with Crippen molar-refractivity contribution in [2.75, 3.05) is 46.8 Å². The van der Waals surface area contributed by atoms with Gasteiger partial charge >= 0.3 is 0 Å². The minimum Gasteiger partial charge on any atom is -0.508 e. The second-order valence-electron chi connectivity index (χ2n) is 8.45. The number of carbonyl (C=O) groups is 2. The molecule has 1 aromatic carbocycles. The van der Waals surface area contributed by atoms with Crippen molar-refractivity contribution in [3.63, 3.8) is 0 Å². The Hall–Kier alpha value is -2.08. The molecule has 2 fully saturated rings. The molecule has 6 heteroatoms. The highest BCUT2D eigenvalue weighted by Gasteiger charge is 2.42. The summed E-state index contributed by atoms with van der Waals surface area (Å²) in [4.78, 5) is 31.3. The fraction of sp³-hybridized carbons (Fsp3) is 0.619. The van der Waals surface area contributed by atoms with Gasteiger partial charge in [0.2, 0.25) is 5.91 Å². The Labute approximate surface area is 161 Å². The van der Waals surface area contributed by atoms with E-state index in [-0.39, 0.29) is 23.0 Å². The molecule has 148 valence electrons. The Morgan fingerprint density at radius 3 is 2.74 bits per heavy atom. The van der Waals surface area contributed by atoms with Crippen LogP contribution in [0.4, 0.5) is 0 Å². The van der Waals surface area contributed by atoms with E-state index in [4.69, 9.17) is 0 Å². The van der Waals surface area contributed by atoms with Crippen LogP contribution in [0.3, 0.4) is 0 Å². The van der Waals surface area contributed by atoms with Gasteiger partial charge in [-0.05, 0) is 58.0 Å². The highest BCUT2D eigenvalue weighted by molar-refractivity contribution is 5.94. The quantitative estimate of drug-likeness (QED) is 0.878. The van der Waals surface area contributed by atoms with Gasteiger partial charge in [-0.1, -0.05) is 6.07 Å². The summed E-state index contributed by atoms with van der Waals surface area (Å²) in [5.74, 6) is 0.362. The van der Waals surface area contributed by atoms with Crippen LogP contribution in [0.25, 0.3) is 0 Å². The van der Waals surface area contributed by atoms with Gasteiger partial charge in [0.15, 0.2) is 0 Å². The number of hydrogen-bond acceptors (Lipinski definition) is 4. The second-order valence-corrected chi connectivity index (χ2v) is 8.45. The number of amides is 2. The molecular formula is C21H31N3O3. The summed E-state index contributed by atoms with van der Waals surface area (Å²) in [6, 6.07) is 5.13. The van der Waals surface area contributed by atoms with Crippen LogP contribution in [0.15, 0.2) is 18.2 Å². The van der Waals surface area contributed by atoms with Crippen LogP contribution in [0.5, 0.6) is 5.75 Å². The molecule has 0 aromatic heterocycles. The lowest BCUT2D eigenvalue weighted by atomic mass is 9.73.